The Bertz CT molecular complexity index is 477. The topological polar surface area (TPSA) is 88.5 Å². The Balaban J connectivity index is 2.18. The van der Waals surface area contributed by atoms with Gasteiger partial charge in [-0.3, -0.25) is 4.98 Å². The molecule has 2 heterocycles. The lowest BCUT2D eigenvalue weighted by Crippen LogP contribution is -1.83. The number of hydrogen-bond acceptors (Lipinski definition) is 7. The highest BCUT2D eigenvalue weighted by molar-refractivity contribution is 7.99. The van der Waals surface area contributed by atoms with Crippen LogP contribution in [0.15, 0.2) is 28.2 Å². The van der Waals surface area contributed by atoms with E-state index in [9.17, 15) is 0 Å². The lowest BCUT2D eigenvalue weighted by Gasteiger charge is -1.89. The van der Waals surface area contributed by atoms with Crippen LogP contribution >= 0.6 is 11.8 Å². The third-order valence-corrected chi connectivity index (χ3v) is 2.13. The molecule has 74 valence electrons. The summed E-state index contributed by atoms with van der Waals surface area (Å²) in [6.45, 7) is 0. The van der Waals surface area contributed by atoms with Crippen LogP contribution in [0, 0.1) is 11.3 Å². The molecule has 0 saturated carbocycles. The summed E-state index contributed by atoms with van der Waals surface area (Å²) in [7, 11) is 0. The molecule has 0 bridgehead atoms. The average molecular weight is 219 g/mol. The van der Waals surface area contributed by atoms with Crippen molar-refractivity contribution in [1.82, 2.24) is 20.2 Å². The molecular formula is C8H5N5OS. The molecule has 0 aliphatic rings. The van der Waals surface area contributed by atoms with Gasteiger partial charge in [0.15, 0.2) is 0 Å². The molecule has 0 fully saturated rings. The quantitative estimate of drug-likeness (QED) is 0.715. The summed E-state index contributed by atoms with van der Waals surface area (Å²) in [6, 6.07) is 1.97. The van der Waals surface area contributed by atoms with E-state index in [0.29, 0.717) is 16.8 Å². The largest absolute Gasteiger partial charge is 0.410 e. The first kappa shape index (κ1) is 9.61. The molecule has 0 radical (unpaired) electrons. The van der Waals surface area contributed by atoms with E-state index in [1.165, 1.54) is 18.0 Å². The van der Waals surface area contributed by atoms with Gasteiger partial charge in [-0.15, -0.1) is 10.2 Å². The smallest absolute Gasteiger partial charge is 0.277 e. The van der Waals surface area contributed by atoms with Crippen LogP contribution in [-0.2, 0) is 0 Å². The Kier molecular flexibility index (Phi) is 2.90. The second-order valence-corrected chi connectivity index (χ2v) is 3.34. The second kappa shape index (κ2) is 4.52. The van der Waals surface area contributed by atoms with E-state index in [0.717, 1.165) is 0 Å². The molecule has 0 aliphatic heterocycles. The van der Waals surface area contributed by atoms with Crippen LogP contribution in [0.5, 0.6) is 0 Å². The van der Waals surface area contributed by atoms with Crippen molar-refractivity contribution >= 4 is 11.8 Å². The van der Waals surface area contributed by atoms with Gasteiger partial charge >= 0.3 is 0 Å². The Morgan fingerprint density at radius 3 is 3.07 bits per heavy atom. The SMILES string of the molecule is N#CCSc1nnc(-c2cnccn2)o1. The third-order valence-electron chi connectivity index (χ3n) is 1.45. The molecule has 2 rings (SSSR count). The zero-order valence-corrected chi connectivity index (χ0v) is 8.31. The van der Waals surface area contributed by atoms with E-state index in [1.54, 1.807) is 12.4 Å². The first-order valence-corrected chi connectivity index (χ1v) is 4.98. The van der Waals surface area contributed by atoms with Crippen molar-refractivity contribution in [1.29, 1.82) is 5.26 Å². The molecule has 0 aliphatic carbocycles. The standard InChI is InChI=1S/C8H5N5OS/c9-1-4-15-8-13-12-7(14-8)6-5-10-2-3-11-6/h2-3,5H,4H2. The number of hydrogen-bond donors (Lipinski definition) is 0. The highest BCUT2D eigenvalue weighted by atomic mass is 32.2. The molecule has 0 aromatic carbocycles. The van der Waals surface area contributed by atoms with Crippen LogP contribution in [0.25, 0.3) is 11.6 Å². The van der Waals surface area contributed by atoms with Crippen LogP contribution in [0.4, 0.5) is 0 Å². The van der Waals surface area contributed by atoms with Crippen molar-refractivity contribution < 1.29 is 4.42 Å². The van der Waals surface area contributed by atoms with E-state index >= 15 is 0 Å². The monoisotopic (exact) mass is 219 g/mol. The van der Waals surface area contributed by atoms with Crippen LogP contribution < -0.4 is 0 Å². The van der Waals surface area contributed by atoms with Gasteiger partial charge in [-0.05, 0) is 0 Å². The third kappa shape index (κ3) is 2.30. The van der Waals surface area contributed by atoms with Crippen LogP contribution in [0.2, 0.25) is 0 Å². The minimum atomic E-state index is 0.280. The highest BCUT2D eigenvalue weighted by Crippen LogP contribution is 2.20. The van der Waals surface area contributed by atoms with Crippen molar-refractivity contribution in [2.24, 2.45) is 0 Å². The predicted octanol–water partition coefficient (Wildman–Crippen LogP) is 1.14. The average Bonchev–Trinajstić information content (AvgIpc) is 2.76. The van der Waals surface area contributed by atoms with E-state index in [4.69, 9.17) is 9.68 Å². The van der Waals surface area contributed by atoms with Crippen LogP contribution in [-0.4, -0.2) is 25.9 Å². The molecule has 0 saturated heterocycles. The van der Waals surface area contributed by atoms with Crippen molar-refractivity contribution in [2.45, 2.75) is 5.22 Å². The minimum Gasteiger partial charge on any atom is -0.410 e. The summed E-state index contributed by atoms with van der Waals surface area (Å²) in [4.78, 5) is 7.89. The molecule has 15 heavy (non-hydrogen) atoms. The maximum Gasteiger partial charge on any atom is 0.277 e. The first-order valence-electron chi connectivity index (χ1n) is 4.00. The summed E-state index contributed by atoms with van der Waals surface area (Å²) >= 11 is 1.19. The molecule has 0 amide bonds. The lowest BCUT2D eigenvalue weighted by atomic mass is 10.4. The van der Waals surface area contributed by atoms with Gasteiger partial charge in [0.25, 0.3) is 11.1 Å². The van der Waals surface area contributed by atoms with Gasteiger partial charge < -0.3 is 4.42 Å². The van der Waals surface area contributed by atoms with Crippen molar-refractivity contribution in [2.75, 3.05) is 5.75 Å². The number of thioether (sulfide) groups is 1. The van der Waals surface area contributed by atoms with E-state index < -0.39 is 0 Å². The van der Waals surface area contributed by atoms with Crippen molar-refractivity contribution in [3.05, 3.63) is 18.6 Å². The van der Waals surface area contributed by atoms with E-state index in [-0.39, 0.29) is 5.75 Å². The molecular weight excluding hydrogens is 214 g/mol. The fraction of sp³-hybridized carbons (Fsp3) is 0.125. The van der Waals surface area contributed by atoms with Crippen molar-refractivity contribution in [3.8, 4) is 17.7 Å². The van der Waals surface area contributed by atoms with Gasteiger partial charge in [-0.1, -0.05) is 11.8 Å². The zero-order chi connectivity index (χ0) is 10.5. The summed E-state index contributed by atoms with van der Waals surface area (Å²) in [6.07, 6.45) is 4.64. The fourth-order valence-corrected chi connectivity index (χ4v) is 1.30. The highest BCUT2D eigenvalue weighted by Gasteiger charge is 2.09. The number of rotatable bonds is 3. The van der Waals surface area contributed by atoms with Gasteiger partial charge in [0.1, 0.15) is 5.69 Å². The van der Waals surface area contributed by atoms with Crippen LogP contribution in [0.1, 0.15) is 0 Å². The molecule has 0 atom stereocenters. The molecule has 6 nitrogen and oxygen atoms in total. The molecule has 2 aromatic heterocycles. The number of aromatic nitrogens is 4. The summed E-state index contributed by atoms with van der Waals surface area (Å²) < 4.78 is 5.26. The van der Waals surface area contributed by atoms with Gasteiger partial charge in [0.2, 0.25) is 0 Å². The summed E-state index contributed by atoms with van der Waals surface area (Å²) in [5, 5.41) is 16.3. The molecule has 0 N–H and O–H groups in total. The zero-order valence-electron chi connectivity index (χ0n) is 7.49. The number of nitriles is 1. The Morgan fingerprint density at radius 1 is 1.40 bits per heavy atom. The molecule has 7 heteroatoms. The normalized spacial score (nSPS) is 9.80. The van der Waals surface area contributed by atoms with E-state index in [1.807, 2.05) is 6.07 Å². The lowest BCUT2D eigenvalue weighted by molar-refractivity contribution is 0.464. The molecule has 2 aromatic rings. The second-order valence-electron chi connectivity index (χ2n) is 2.41. The summed E-state index contributed by atoms with van der Waals surface area (Å²) in [5.74, 6) is 0.589. The maximum absolute atomic E-state index is 8.37. The van der Waals surface area contributed by atoms with E-state index in [2.05, 4.69) is 20.2 Å². The minimum absolute atomic E-state index is 0.280. The Labute approximate surface area is 89.4 Å². The van der Waals surface area contributed by atoms with Gasteiger partial charge in [0, 0.05) is 12.4 Å². The Hall–Kier alpha value is -1.94. The maximum atomic E-state index is 8.37. The number of nitrogens with zero attached hydrogens (tertiary/aromatic N) is 5. The Morgan fingerprint density at radius 2 is 2.33 bits per heavy atom. The van der Waals surface area contributed by atoms with Gasteiger partial charge in [-0.2, -0.15) is 5.26 Å². The first-order chi connectivity index (χ1) is 7.40. The van der Waals surface area contributed by atoms with Gasteiger partial charge in [0.05, 0.1) is 18.0 Å². The fourth-order valence-electron chi connectivity index (χ4n) is 0.875. The molecule has 0 unspecified atom stereocenters. The van der Waals surface area contributed by atoms with Crippen molar-refractivity contribution in [3.63, 3.8) is 0 Å². The predicted molar refractivity (Wildman–Crippen MR) is 51.7 cm³/mol. The van der Waals surface area contributed by atoms with Crippen LogP contribution in [0.3, 0.4) is 0 Å². The molecule has 0 spiro atoms. The summed E-state index contributed by atoms with van der Waals surface area (Å²) in [5.41, 5.74) is 0.522. The van der Waals surface area contributed by atoms with Gasteiger partial charge in [-0.25, -0.2) is 4.98 Å².